The number of nitrogens with one attached hydrogen (secondary N) is 1. The molecule has 146 valence electrons. The molecule has 6 heteroatoms. The molecule has 0 aliphatic heterocycles. The molecule has 3 aromatic carbocycles. The van der Waals surface area contributed by atoms with Gasteiger partial charge in [0.25, 0.3) is 5.91 Å². The summed E-state index contributed by atoms with van der Waals surface area (Å²) in [5.41, 5.74) is 3.71. The number of hydrogen-bond acceptors (Lipinski definition) is 2. The number of carbonyl (C=O) groups is 1. The fourth-order valence-corrected chi connectivity index (χ4v) is 5.23. The van der Waals surface area contributed by atoms with Crippen LogP contribution in [0, 0.1) is 6.92 Å². The Hall–Kier alpha value is -2.04. The van der Waals surface area contributed by atoms with E-state index in [0.29, 0.717) is 32.1 Å². The van der Waals surface area contributed by atoms with Crippen molar-refractivity contribution in [1.29, 1.82) is 0 Å². The molecule has 0 radical (unpaired) electrons. The largest absolute Gasteiger partial charge is 0.319 e. The lowest BCUT2D eigenvalue weighted by Gasteiger charge is -2.11. The lowest BCUT2D eigenvalue weighted by atomic mass is 10.0. The van der Waals surface area contributed by atoms with Gasteiger partial charge in [0.15, 0.2) is 0 Å². The van der Waals surface area contributed by atoms with E-state index in [-0.39, 0.29) is 5.91 Å². The van der Waals surface area contributed by atoms with Crippen molar-refractivity contribution >= 4 is 67.8 Å². The molecule has 1 N–H and O–H groups in total. The Morgan fingerprint density at radius 1 is 0.966 bits per heavy atom. The van der Waals surface area contributed by atoms with Crippen LogP contribution in [-0.4, -0.2) is 5.91 Å². The van der Waals surface area contributed by atoms with Crippen molar-refractivity contribution in [1.82, 2.24) is 0 Å². The minimum absolute atomic E-state index is 0.237. The van der Waals surface area contributed by atoms with E-state index in [1.165, 1.54) is 16.9 Å². The number of halogens is 3. The molecule has 0 saturated heterocycles. The van der Waals surface area contributed by atoms with Crippen LogP contribution in [0.3, 0.4) is 0 Å². The first-order valence-corrected chi connectivity index (χ1v) is 10.9. The van der Waals surface area contributed by atoms with Crippen molar-refractivity contribution < 1.29 is 4.79 Å². The molecule has 1 heterocycles. The molecule has 0 spiro atoms. The highest BCUT2D eigenvalue weighted by Crippen LogP contribution is 2.37. The van der Waals surface area contributed by atoms with E-state index in [9.17, 15) is 4.79 Å². The average molecular weight is 461 g/mol. The molecule has 0 aliphatic carbocycles. The first-order valence-electron chi connectivity index (χ1n) is 8.94. The highest BCUT2D eigenvalue weighted by atomic mass is 35.5. The van der Waals surface area contributed by atoms with Crippen molar-refractivity contribution in [3.05, 3.63) is 97.3 Å². The molecular weight excluding hydrogens is 445 g/mol. The third kappa shape index (κ3) is 4.29. The summed E-state index contributed by atoms with van der Waals surface area (Å²) in [4.78, 5) is 13.8. The quantitative estimate of drug-likeness (QED) is 0.328. The summed E-state index contributed by atoms with van der Waals surface area (Å²) in [5.74, 6) is -0.237. The number of hydrogen-bond donors (Lipinski definition) is 1. The molecule has 4 aromatic rings. The zero-order chi connectivity index (χ0) is 20.5. The minimum Gasteiger partial charge on any atom is -0.319 e. The van der Waals surface area contributed by atoms with Gasteiger partial charge < -0.3 is 5.32 Å². The Morgan fingerprint density at radius 2 is 1.62 bits per heavy atom. The number of rotatable bonds is 4. The van der Waals surface area contributed by atoms with Gasteiger partial charge in [-0.2, -0.15) is 0 Å². The number of carbonyl (C=O) groups excluding carboxylic acids is 1. The molecular formula is C23H16Cl3NOS. The second-order valence-electron chi connectivity index (χ2n) is 6.77. The van der Waals surface area contributed by atoms with Crippen LogP contribution in [0.15, 0.2) is 60.7 Å². The summed E-state index contributed by atoms with van der Waals surface area (Å²) in [6, 6.07) is 19.5. The predicted octanol–water partition coefficient (Wildman–Crippen LogP) is 8.01. The average Bonchev–Trinajstić information content (AvgIpc) is 3.05. The van der Waals surface area contributed by atoms with E-state index >= 15 is 0 Å². The van der Waals surface area contributed by atoms with Crippen LogP contribution in [0.5, 0.6) is 0 Å². The second kappa shape index (κ2) is 8.37. The smallest absolute Gasteiger partial charge is 0.266 e. The monoisotopic (exact) mass is 459 g/mol. The SMILES string of the molecule is Cc1ccc(Cc2c(C(=O)Nc3c(Cl)cc(Cl)cc3Cl)sc3ccccc23)cc1. The van der Waals surface area contributed by atoms with E-state index in [1.807, 2.05) is 24.3 Å². The number of aryl methyl sites for hydroxylation is 1. The summed E-state index contributed by atoms with van der Waals surface area (Å²) < 4.78 is 1.06. The highest BCUT2D eigenvalue weighted by Gasteiger charge is 2.20. The molecule has 0 bridgehead atoms. The van der Waals surface area contributed by atoms with Gasteiger partial charge in [0.1, 0.15) is 0 Å². The van der Waals surface area contributed by atoms with E-state index in [4.69, 9.17) is 34.8 Å². The molecule has 2 nitrogen and oxygen atoms in total. The third-order valence-corrected chi connectivity index (χ3v) is 6.68. The van der Waals surface area contributed by atoms with Gasteiger partial charge in [0.2, 0.25) is 0 Å². The summed E-state index contributed by atoms with van der Waals surface area (Å²) in [7, 11) is 0. The number of thiophene rings is 1. The Labute approximate surface area is 188 Å². The maximum Gasteiger partial charge on any atom is 0.266 e. The van der Waals surface area contributed by atoms with Crippen molar-refractivity contribution in [3.8, 4) is 0 Å². The number of benzene rings is 3. The fraction of sp³-hybridized carbons (Fsp3) is 0.0870. The van der Waals surface area contributed by atoms with E-state index in [2.05, 4.69) is 36.5 Å². The standard InChI is InChI=1S/C23H16Cl3NOS/c1-13-6-8-14(9-7-13)10-17-16-4-2-3-5-20(16)29-22(17)23(28)27-21-18(25)11-15(24)12-19(21)26/h2-9,11-12H,10H2,1H3,(H,27,28). The molecule has 0 unspecified atom stereocenters. The van der Waals surface area contributed by atoms with Crippen molar-refractivity contribution in [2.75, 3.05) is 5.32 Å². The van der Waals surface area contributed by atoms with Crippen molar-refractivity contribution in [2.24, 2.45) is 0 Å². The maximum absolute atomic E-state index is 13.2. The van der Waals surface area contributed by atoms with Gasteiger partial charge in [-0.15, -0.1) is 11.3 Å². The first kappa shape index (κ1) is 20.2. The summed E-state index contributed by atoms with van der Waals surface area (Å²) in [6.07, 6.45) is 0.662. The van der Waals surface area contributed by atoms with Gasteiger partial charge in [0, 0.05) is 9.72 Å². The molecule has 0 saturated carbocycles. The molecule has 1 amide bonds. The first-order chi connectivity index (χ1) is 13.9. The van der Waals surface area contributed by atoms with E-state index < -0.39 is 0 Å². The van der Waals surface area contributed by atoms with Crippen LogP contribution in [0.1, 0.15) is 26.4 Å². The van der Waals surface area contributed by atoms with Gasteiger partial charge >= 0.3 is 0 Å². The van der Waals surface area contributed by atoms with Gasteiger partial charge in [-0.25, -0.2) is 0 Å². The molecule has 4 rings (SSSR count). The summed E-state index contributed by atoms with van der Waals surface area (Å²) in [5, 5.41) is 4.97. The van der Waals surface area contributed by atoms with Gasteiger partial charge in [-0.3, -0.25) is 4.79 Å². The highest BCUT2D eigenvalue weighted by molar-refractivity contribution is 7.21. The number of anilines is 1. The van der Waals surface area contributed by atoms with Crippen LogP contribution in [-0.2, 0) is 6.42 Å². The topological polar surface area (TPSA) is 29.1 Å². The summed E-state index contributed by atoms with van der Waals surface area (Å²) in [6.45, 7) is 2.06. The van der Waals surface area contributed by atoms with Crippen LogP contribution in [0.4, 0.5) is 5.69 Å². The third-order valence-electron chi connectivity index (χ3n) is 4.65. The molecule has 0 atom stereocenters. The van der Waals surface area contributed by atoms with E-state index in [1.54, 1.807) is 12.1 Å². The van der Waals surface area contributed by atoms with Crippen molar-refractivity contribution in [2.45, 2.75) is 13.3 Å². The maximum atomic E-state index is 13.2. The fourth-order valence-electron chi connectivity index (χ4n) is 3.20. The van der Waals surface area contributed by atoms with Gasteiger partial charge in [0.05, 0.1) is 20.6 Å². The lowest BCUT2D eigenvalue weighted by molar-refractivity contribution is 0.103. The molecule has 0 aliphatic rings. The molecule has 29 heavy (non-hydrogen) atoms. The van der Waals surface area contributed by atoms with Crippen LogP contribution >= 0.6 is 46.1 Å². The Morgan fingerprint density at radius 3 is 2.31 bits per heavy atom. The molecule has 0 fully saturated rings. The Kier molecular flexibility index (Phi) is 5.84. The predicted molar refractivity (Wildman–Crippen MR) is 125 cm³/mol. The minimum atomic E-state index is -0.237. The second-order valence-corrected chi connectivity index (χ2v) is 9.07. The Bertz CT molecular complexity index is 1190. The van der Waals surface area contributed by atoms with Crippen molar-refractivity contribution in [3.63, 3.8) is 0 Å². The van der Waals surface area contributed by atoms with Crippen LogP contribution in [0.2, 0.25) is 15.1 Å². The number of fused-ring (bicyclic) bond motifs is 1. The normalized spacial score (nSPS) is 11.0. The lowest BCUT2D eigenvalue weighted by Crippen LogP contribution is -2.13. The van der Waals surface area contributed by atoms with E-state index in [0.717, 1.165) is 21.2 Å². The van der Waals surface area contributed by atoms with Crippen LogP contribution < -0.4 is 5.32 Å². The van der Waals surface area contributed by atoms with Crippen LogP contribution in [0.25, 0.3) is 10.1 Å². The Balaban J connectivity index is 1.75. The van der Waals surface area contributed by atoms with Gasteiger partial charge in [-0.05, 0) is 48.1 Å². The zero-order valence-corrected chi connectivity index (χ0v) is 18.5. The zero-order valence-electron chi connectivity index (χ0n) is 15.4. The van der Waals surface area contributed by atoms with Gasteiger partial charge in [-0.1, -0.05) is 82.8 Å². The number of amides is 1. The summed E-state index contributed by atoms with van der Waals surface area (Å²) >= 11 is 19.9. The molecule has 1 aromatic heterocycles.